The molecule has 2 aliphatic rings. The van der Waals surface area contributed by atoms with Gasteiger partial charge in [0.1, 0.15) is 5.82 Å². The summed E-state index contributed by atoms with van der Waals surface area (Å²) in [5, 5.41) is 2.64. The van der Waals surface area contributed by atoms with Gasteiger partial charge in [-0.15, -0.1) is 11.3 Å². The summed E-state index contributed by atoms with van der Waals surface area (Å²) >= 11 is 1.87. The van der Waals surface area contributed by atoms with Gasteiger partial charge in [0, 0.05) is 49.5 Å². The molecule has 182 valence electrons. The lowest BCUT2D eigenvalue weighted by atomic mass is 9.82. The minimum atomic E-state index is -0.0633. The van der Waals surface area contributed by atoms with E-state index in [-0.39, 0.29) is 7.12 Å². The Morgan fingerprint density at radius 1 is 0.615 bits per heavy atom. The third kappa shape index (κ3) is 2.86. The molecule has 0 fully saturated rings. The number of imidazole rings is 1. The van der Waals surface area contributed by atoms with Gasteiger partial charge in [0.2, 0.25) is 0 Å². The summed E-state index contributed by atoms with van der Waals surface area (Å²) in [6.07, 6.45) is 4.03. The molecule has 0 bridgehead atoms. The molecule has 2 aliphatic heterocycles. The molecular formula is C33H21BN4S. The molecule has 4 nitrogen and oxygen atoms in total. The van der Waals surface area contributed by atoms with Gasteiger partial charge in [-0.1, -0.05) is 72.8 Å². The molecular weight excluding hydrogens is 495 g/mol. The van der Waals surface area contributed by atoms with E-state index in [9.17, 15) is 0 Å². The topological polar surface area (TPSA) is 24.3 Å². The SMILES string of the molecule is c1ccc(N2B3N(c4ccc(-c5cccc6c5sc5ccccc56)cc4-c4nccn43)c3ccccc32)cc1. The average molecular weight is 516 g/mol. The van der Waals surface area contributed by atoms with Crippen molar-refractivity contribution in [3.8, 4) is 22.5 Å². The van der Waals surface area contributed by atoms with Gasteiger partial charge in [-0.2, -0.15) is 0 Å². The van der Waals surface area contributed by atoms with Crippen LogP contribution in [0.15, 0.2) is 128 Å². The van der Waals surface area contributed by atoms with Gasteiger partial charge in [-0.25, -0.2) is 4.98 Å². The van der Waals surface area contributed by atoms with E-state index in [0.29, 0.717) is 0 Å². The summed E-state index contributed by atoms with van der Waals surface area (Å²) in [5.74, 6) is 0.991. The molecule has 0 atom stereocenters. The van der Waals surface area contributed by atoms with E-state index in [4.69, 9.17) is 4.98 Å². The highest BCUT2D eigenvalue weighted by atomic mass is 32.1. The predicted octanol–water partition coefficient (Wildman–Crippen LogP) is 8.72. The maximum absolute atomic E-state index is 4.89. The van der Waals surface area contributed by atoms with Crippen molar-refractivity contribution in [2.24, 2.45) is 0 Å². The molecule has 4 heterocycles. The Kier molecular flexibility index (Phi) is 4.26. The first-order valence-electron chi connectivity index (χ1n) is 13.2. The number of anilines is 4. The number of hydrogen-bond acceptors (Lipinski definition) is 4. The van der Waals surface area contributed by atoms with E-state index in [1.165, 1.54) is 48.4 Å². The lowest BCUT2D eigenvalue weighted by Crippen LogP contribution is -2.51. The van der Waals surface area contributed by atoms with Crippen LogP contribution in [0.25, 0.3) is 42.7 Å². The third-order valence-electron chi connectivity index (χ3n) is 8.03. The smallest absolute Gasteiger partial charge is 0.344 e. The zero-order chi connectivity index (χ0) is 25.5. The average Bonchev–Trinajstić information content (AvgIpc) is 3.71. The maximum atomic E-state index is 4.89. The summed E-state index contributed by atoms with van der Waals surface area (Å²) in [5.41, 5.74) is 8.37. The zero-order valence-electron chi connectivity index (χ0n) is 20.9. The van der Waals surface area contributed by atoms with Crippen LogP contribution in [-0.4, -0.2) is 16.6 Å². The zero-order valence-corrected chi connectivity index (χ0v) is 21.7. The fourth-order valence-corrected chi connectivity index (χ4v) is 7.61. The molecule has 6 heteroatoms. The molecule has 5 aromatic carbocycles. The minimum Gasteiger partial charge on any atom is -0.344 e. The molecule has 7 aromatic rings. The Labute approximate surface area is 230 Å². The first kappa shape index (κ1) is 21.2. The van der Waals surface area contributed by atoms with Crippen molar-refractivity contribution in [1.82, 2.24) is 9.46 Å². The minimum absolute atomic E-state index is 0.0633. The van der Waals surface area contributed by atoms with Crippen molar-refractivity contribution < 1.29 is 0 Å². The number of fused-ring (bicyclic) bond motifs is 11. The number of nitrogens with zero attached hydrogens (tertiary/aromatic N) is 4. The van der Waals surface area contributed by atoms with E-state index in [2.05, 4.69) is 136 Å². The fraction of sp³-hybridized carbons (Fsp3) is 0. The molecule has 0 radical (unpaired) electrons. The highest BCUT2D eigenvalue weighted by Gasteiger charge is 2.48. The van der Waals surface area contributed by atoms with Crippen molar-refractivity contribution in [3.05, 3.63) is 128 Å². The van der Waals surface area contributed by atoms with Crippen LogP contribution in [0.4, 0.5) is 22.7 Å². The first-order valence-corrected chi connectivity index (χ1v) is 14.0. The Morgan fingerprint density at radius 2 is 1.38 bits per heavy atom. The molecule has 9 rings (SSSR count). The largest absolute Gasteiger partial charge is 0.519 e. The van der Waals surface area contributed by atoms with Crippen LogP contribution in [-0.2, 0) is 0 Å². The highest BCUT2D eigenvalue weighted by Crippen LogP contribution is 2.52. The van der Waals surface area contributed by atoms with Crippen LogP contribution >= 0.6 is 11.3 Å². The number of hydrogen-bond donors (Lipinski definition) is 0. The summed E-state index contributed by atoms with van der Waals surface area (Å²) in [6.45, 7) is 0. The van der Waals surface area contributed by atoms with Gasteiger partial charge < -0.3 is 14.1 Å². The second kappa shape index (κ2) is 7.85. The molecule has 0 N–H and O–H groups in total. The van der Waals surface area contributed by atoms with Crippen molar-refractivity contribution in [2.45, 2.75) is 0 Å². The van der Waals surface area contributed by atoms with Crippen LogP contribution in [0, 0.1) is 0 Å². The molecule has 0 saturated carbocycles. The van der Waals surface area contributed by atoms with E-state index in [1.54, 1.807) is 0 Å². The molecule has 0 amide bonds. The second-order valence-electron chi connectivity index (χ2n) is 10.1. The molecule has 0 unspecified atom stereocenters. The third-order valence-corrected chi connectivity index (χ3v) is 9.25. The summed E-state index contributed by atoms with van der Waals surface area (Å²) in [6, 6.07) is 41.6. The van der Waals surface area contributed by atoms with E-state index in [0.717, 1.165) is 17.1 Å². The highest BCUT2D eigenvalue weighted by molar-refractivity contribution is 7.26. The van der Waals surface area contributed by atoms with Crippen LogP contribution in [0.1, 0.15) is 0 Å². The fourth-order valence-electron chi connectivity index (χ4n) is 6.38. The Balaban J connectivity index is 1.27. The lowest BCUT2D eigenvalue weighted by Gasteiger charge is -2.35. The lowest BCUT2D eigenvalue weighted by molar-refractivity contribution is 1.09. The monoisotopic (exact) mass is 516 g/mol. The summed E-state index contributed by atoms with van der Waals surface area (Å²) in [4.78, 5) is 9.76. The number of para-hydroxylation sites is 3. The van der Waals surface area contributed by atoms with Gasteiger partial charge >= 0.3 is 7.12 Å². The van der Waals surface area contributed by atoms with E-state index < -0.39 is 0 Å². The van der Waals surface area contributed by atoms with Crippen molar-refractivity contribution in [3.63, 3.8) is 0 Å². The number of thiophene rings is 1. The second-order valence-corrected chi connectivity index (χ2v) is 11.1. The quantitative estimate of drug-likeness (QED) is 0.215. The van der Waals surface area contributed by atoms with Crippen molar-refractivity contribution in [1.29, 1.82) is 0 Å². The first-order chi connectivity index (χ1) is 19.4. The van der Waals surface area contributed by atoms with Crippen LogP contribution in [0.2, 0.25) is 0 Å². The van der Waals surface area contributed by atoms with Gasteiger partial charge in [-0.05, 0) is 53.6 Å². The Hall–Kier alpha value is -4.81. The summed E-state index contributed by atoms with van der Waals surface area (Å²) < 4.78 is 4.96. The molecule has 0 saturated heterocycles. The Bertz CT molecular complexity index is 2060. The van der Waals surface area contributed by atoms with Crippen molar-refractivity contribution >= 4 is 61.4 Å². The normalized spacial score (nSPS) is 13.5. The van der Waals surface area contributed by atoms with Crippen LogP contribution in [0.3, 0.4) is 0 Å². The van der Waals surface area contributed by atoms with E-state index >= 15 is 0 Å². The van der Waals surface area contributed by atoms with Crippen LogP contribution < -0.4 is 9.62 Å². The van der Waals surface area contributed by atoms with Crippen LogP contribution in [0.5, 0.6) is 0 Å². The van der Waals surface area contributed by atoms with E-state index in [1.807, 2.05) is 17.5 Å². The predicted molar refractivity (Wildman–Crippen MR) is 164 cm³/mol. The van der Waals surface area contributed by atoms with Gasteiger partial charge in [0.15, 0.2) is 0 Å². The maximum Gasteiger partial charge on any atom is 0.519 e. The van der Waals surface area contributed by atoms with Crippen molar-refractivity contribution in [2.75, 3.05) is 9.62 Å². The molecule has 0 spiro atoms. The number of benzene rings is 5. The van der Waals surface area contributed by atoms with Gasteiger partial charge in [-0.3, -0.25) is 0 Å². The number of aromatic nitrogens is 2. The Morgan fingerprint density at radius 3 is 2.28 bits per heavy atom. The standard InChI is InChI=1S/C33H21BN4S/c1-2-9-23(10-3-1)37-29-14-5-6-15-30(29)38-28-18-17-22(21-27(28)33-35-19-20-36(33)34(37)38)24-12-8-13-26-25-11-4-7-16-31(25)39-32(24)26/h1-21H. The molecule has 39 heavy (non-hydrogen) atoms. The van der Waals surface area contributed by atoms with Gasteiger partial charge in [0.05, 0.1) is 11.4 Å². The summed E-state index contributed by atoms with van der Waals surface area (Å²) in [7, 11) is -0.0633. The number of rotatable bonds is 2. The molecule has 2 aromatic heterocycles. The molecule has 0 aliphatic carbocycles. The van der Waals surface area contributed by atoms with Gasteiger partial charge in [0.25, 0.3) is 0 Å².